The highest BCUT2D eigenvalue weighted by molar-refractivity contribution is 7.88. The van der Waals surface area contributed by atoms with Gasteiger partial charge in [0.2, 0.25) is 10.0 Å². The number of likely N-dealkylation sites (tertiary alicyclic amines) is 1. The number of ether oxygens (including phenoxy) is 1. The van der Waals surface area contributed by atoms with Crippen molar-refractivity contribution in [1.29, 1.82) is 0 Å². The van der Waals surface area contributed by atoms with Crippen LogP contribution in [0.4, 0.5) is 5.69 Å². The van der Waals surface area contributed by atoms with Crippen LogP contribution in [0.2, 0.25) is 0 Å². The van der Waals surface area contributed by atoms with E-state index in [2.05, 4.69) is 4.72 Å². The van der Waals surface area contributed by atoms with Gasteiger partial charge in [-0.05, 0) is 37.0 Å². The third-order valence-electron chi connectivity index (χ3n) is 4.82. The van der Waals surface area contributed by atoms with Crippen molar-refractivity contribution < 1.29 is 22.9 Å². The second kappa shape index (κ2) is 9.23. The van der Waals surface area contributed by atoms with E-state index >= 15 is 0 Å². The van der Waals surface area contributed by atoms with Crippen LogP contribution in [0, 0.1) is 16.0 Å². The maximum atomic E-state index is 13.2. The van der Waals surface area contributed by atoms with Crippen molar-refractivity contribution in [3.63, 3.8) is 0 Å². The minimum atomic E-state index is -3.32. The van der Waals surface area contributed by atoms with Crippen LogP contribution in [0.5, 0.6) is 11.5 Å². The summed E-state index contributed by atoms with van der Waals surface area (Å²) in [6, 6.07) is 12.8. The number of piperidine rings is 1. The predicted octanol–water partition coefficient (Wildman–Crippen LogP) is 2.79. The van der Waals surface area contributed by atoms with Gasteiger partial charge in [-0.2, -0.15) is 0 Å². The molecule has 0 aromatic heterocycles. The number of nitro groups is 1. The number of sulfonamides is 1. The van der Waals surface area contributed by atoms with Crippen LogP contribution in [0.25, 0.3) is 0 Å². The Labute approximate surface area is 174 Å². The molecule has 3 rings (SSSR count). The van der Waals surface area contributed by atoms with E-state index in [9.17, 15) is 23.3 Å². The highest BCUT2D eigenvalue weighted by Crippen LogP contribution is 2.31. The molecule has 10 heteroatoms. The van der Waals surface area contributed by atoms with E-state index < -0.39 is 14.9 Å². The molecule has 1 aliphatic heterocycles. The molecular weight excluding hydrogens is 410 g/mol. The van der Waals surface area contributed by atoms with E-state index in [1.54, 1.807) is 29.2 Å². The molecule has 1 N–H and O–H groups in total. The molecule has 1 fully saturated rings. The molecule has 9 nitrogen and oxygen atoms in total. The van der Waals surface area contributed by atoms with Crippen LogP contribution in [0.15, 0.2) is 48.5 Å². The summed E-state index contributed by atoms with van der Waals surface area (Å²) in [6.45, 7) is 1.08. The van der Waals surface area contributed by atoms with Crippen LogP contribution in [-0.4, -0.2) is 50.0 Å². The van der Waals surface area contributed by atoms with E-state index in [1.165, 1.54) is 18.2 Å². The van der Waals surface area contributed by atoms with E-state index in [0.29, 0.717) is 25.3 Å². The lowest BCUT2D eigenvalue weighted by atomic mass is 9.97. The number of rotatable bonds is 7. The third kappa shape index (κ3) is 5.77. The van der Waals surface area contributed by atoms with Crippen molar-refractivity contribution in [2.45, 2.75) is 12.8 Å². The van der Waals surface area contributed by atoms with Crippen LogP contribution in [0.3, 0.4) is 0 Å². The fraction of sp³-hybridized carbons (Fsp3) is 0.350. The topological polar surface area (TPSA) is 119 Å². The van der Waals surface area contributed by atoms with Gasteiger partial charge < -0.3 is 9.64 Å². The summed E-state index contributed by atoms with van der Waals surface area (Å²) in [5, 5.41) is 11.2. The Kier molecular flexibility index (Phi) is 6.68. The van der Waals surface area contributed by atoms with Gasteiger partial charge in [0.1, 0.15) is 11.5 Å². The number of nitro benzene ring substituents is 1. The van der Waals surface area contributed by atoms with Gasteiger partial charge >= 0.3 is 0 Å². The number of nitrogens with zero attached hydrogens (tertiary/aromatic N) is 2. The summed E-state index contributed by atoms with van der Waals surface area (Å²) in [6.07, 6.45) is 2.59. The molecule has 0 spiro atoms. The lowest BCUT2D eigenvalue weighted by Gasteiger charge is -2.33. The first-order chi connectivity index (χ1) is 14.2. The van der Waals surface area contributed by atoms with Crippen molar-refractivity contribution in [2.75, 3.05) is 25.9 Å². The minimum Gasteiger partial charge on any atom is -0.457 e. The summed E-state index contributed by atoms with van der Waals surface area (Å²) >= 11 is 0. The molecule has 160 valence electrons. The van der Waals surface area contributed by atoms with Gasteiger partial charge in [0.05, 0.1) is 16.7 Å². The quantitative estimate of drug-likeness (QED) is 0.530. The Hall–Kier alpha value is -2.98. The maximum absolute atomic E-state index is 13.2. The van der Waals surface area contributed by atoms with Crippen molar-refractivity contribution >= 4 is 21.6 Å². The smallest absolute Gasteiger partial charge is 0.270 e. The second-order valence-electron chi connectivity index (χ2n) is 7.23. The normalized spacial score (nSPS) is 16.8. The largest absolute Gasteiger partial charge is 0.457 e. The fourth-order valence-electron chi connectivity index (χ4n) is 3.36. The molecule has 2 aromatic carbocycles. The highest BCUT2D eigenvalue weighted by Gasteiger charge is 2.28. The Morgan fingerprint density at radius 3 is 2.67 bits per heavy atom. The minimum absolute atomic E-state index is 0.0328. The lowest BCUT2D eigenvalue weighted by molar-refractivity contribution is -0.384. The maximum Gasteiger partial charge on any atom is 0.270 e. The fourth-order valence-corrected chi connectivity index (χ4v) is 3.90. The molecule has 1 amide bonds. The number of hydrogen-bond acceptors (Lipinski definition) is 6. The van der Waals surface area contributed by atoms with Crippen molar-refractivity contribution in [3.05, 3.63) is 64.2 Å². The summed E-state index contributed by atoms with van der Waals surface area (Å²) in [7, 11) is -3.32. The Bertz CT molecular complexity index is 1030. The SMILES string of the molecule is CS(=O)(=O)NC[C@H]1CCCN(C(=O)c2cc([N+](=O)[O-])ccc2Oc2ccccc2)C1. The Morgan fingerprint density at radius 2 is 2.00 bits per heavy atom. The van der Waals surface area contributed by atoms with Gasteiger partial charge in [0, 0.05) is 31.8 Å². The average Bonchev–Trinajstić information content (AvgIpc) is 2.72. The van der Waals surface area contributed by atoms with Crippen LogP contribution in [-0.2, 0) is 10.0 Å². The highest BCUT2D eigenvalue weighted by atomic mass is 32.2. The molecule has 0 saturated carbocycles. The van der Waals surface area contributed by atoms with Crippen molar-refractivity contribution in [1.82, 2.24) is 9.62 Å². The summed E-state index contributed by atoms with van der Waals surface area (Å²) in [5.41, 5.74) is -0.101. The van der Waals surface area contributed by atoms with Gasteiger partial charge in [0.25, 0.3) is 11.6 Å². The molecule has 0 bridgehead atoms. The van der Waals surface area contributed by atoms with Gasteiger partial charge in [-0.3, -0.25) is 14.9 Å². The first-order valence-corrected chi connectivity index (χ1v) is 11.4. The first-order valence-electron chi connectivity index (χ1n) is 9.48. The number of para-hydroxylation sites is 1. The van der Waals surface area contributed by atoms with E-state index in [4.69, 9.17) is 4.74 Å². The standard InChI is InChI=1S/C20H23N3O6S/c1-30(27,28)21-13-15-6-5-11-22(14-15)20(24)18-12-16(23(25)26)9-10-19(18)29-17-7-3-2-4-8-17/h2-4,7-10,12,15,21H,5-6,11,13-14H2,1H3/t15-/m1/s1. The lowest BCUT2D eigenvalue weighted by Crippen LogP contribution is -2.43. The van der Waals surface area contributed by atoms with Crippen LogP contribution < -0.4 is 9.46 Å². The second-order valence-corrected chi connectivity index (χ2v) is 9.07. The van der Waals surface area contributed by atoms with Crippen LogP contribution >= 0.6 is 0 Å². The van der Waals surface area contributed by atoms with Gasteiger partial charge in [-0.25, -0.2) is 13.1 Å². The van der Waals surface area contributed by atoms with Crippen molar-refractivity contribution in [2.24, 2.45) is 5.92 Å². The van der Waals surface area contributed by atoms with Crippen molar-refractivity contribution in [3.8, 4) is 11.5 Å². The van der Waals surface area contributed by atoms with Gasteiger partial charge in [-0.1, -0.05) is 18.2 Å². The Balaban J connectivity index is 1.83. The number of amides is 1. The average molecular weight is 433 g/mol. The molecule has 1 aliphatic rings. The molecule has 1 heterocycles. The number of carbonyl (C=O) groups excluding carboxylic acids is 1. The van der Waals surface area contributed by atoms with Crippen LogP contribution in [0.1, 0.15) is 23.2 Å². The zero-order valence-corrected chi connectivity index (χ0v) is 17.3. The summed E-state index contributed by atoms with van der Waals surface area (Å²) in [5.74, 6) is 0.325. The molecule has 1 saturated heterocycles. The molecule has 2 aromatic rings. The molecule has 0 aliphatic carbocycles. The Morgan fingerprint density at radius 1 is 1.27 bits per heavy atom. The zero-order chi connectivity index (χ0) is 21.7. The van der Waals surface area contributed by atoms with Gasteiger partial charge in [0.15, 0.2) is 0 Å². The molecule has 0 unspecified atom stereocenters. The number of benzene rings is 2. The van der Waals surface area contributed by atoms with Gasteiger partial charge in [-0.15, -0.1) is 0 Å². The number of non-ortho nitro benzene ring substituents is 1. The summed E-state index contributed by atoms with van der Waals surface area (Å²) < 4.78 is 31.0. The first kappa shape index (κ1) is 21.7. The summed E-state index contributed by atoms with van der Waals surface area (Å²) in [4.78, 5) is 25.5. The van der Waals surface area contributed by atoms with E-state index in [-0.39, 0.29) is 35.4 Å². The molecular formula is C20H23N3O6S. The number of nitrogens with one attached hydrogen (secondary N) is 1. The molecule has 30 heavy (non-hydrogen) atoms. The zero-order valence-electron chi connectivity index (χ0n) is 16.5. The monoisotopic (exact) mass is 433 g/mol. The van der Waals surface area contributed by atoms with E-state index in [1.807, 2.05) is 6.07 Å². The number of carbonyl (C=O) groups is 1. The molecule has 1 atom stereocenters. The number of hydrogen-bond donors (Lipinski definition) is 1. The third-order valence-corrected chi connectivity index (χ3v) is 5.51. The molecule has 0 radical (unpaired) electrons. The van der Waals surface area contributed by atoms with E-state index in [0.717, 1.165) is 12.7 Å². The predicted molar refractivity (Wildman–Crippen MR) is 111 cm³/mol.